The van der Waals surface area contributed by atoms with Crippen LogP contribution in [0, 0.1) is 6.92 Å². The molecule has 1 aliphatic rings. The summed E-state index contributed by atoms with van der Waals surface area (Å²) in [4.78, 5) is 22.4. The van der Waals surface area contributed by atoms with E-state index in [1.807, 2.05) is 0 Å². The standard InChI is InChI=1S/C11H10O6/c1-4-8(13)5(3-12)6-7(9(4)16-2)11(15)17-10(6)14/h3,10,13-14H,1-2H3/t10-/m1/s1. The van der Waals surface area contributed by atoms with Crippen molar-refractivity contribution in [1.29, 1.82) is 0 Å². The maximum Gasteiger partial charge on any atom is 0.345 e. The molecule has 1 aliphatic heterocycles. The zero-order valence-electron chi connectivity index (χ0n) is 9.18. The molecule has 17 heavy (non-hydrogen) atoms. The highest BCUT2D eigenvalue weighted by Crippen LogP contribution is 2.44. The van der Waals surface area contributed by atoms with Crippen LogP contribution in [0.3, 0.4) is 0 Å². The number of esters is 1. The Balaban J connectivity index is 2.90. The predicted octanol–water partition coefficient (Wildman–Crippen LogP) is 0.683. The van der Waals surface area contributed by atoms with Crippen LogP contribution < -0.4 is 4.74 Å². The molecule has 0 radical (unpaired) electrons. The van der Waals surface area contributed by atoms with E-state index in [1.54, 1.807) is 0 Å². The first-order valence-corrected chi connectivity index (χ1v) is 4.80. The van der Waals surface area contributed by atoms with Gasteiger partial charge >= 0.3 is 5.97 Å². The quantitative estimate of drug-likeness (QED) is 0.581. The van der Waals surface area contributed by atoms with Crippen molar-refractivity contribution < 1.29 is 29.3 Å². The first-order valence-electron chi connectivity index (χ1n) is 4.80. The van der Waals surface area contributed by atoms with Gasteiger partial charge in [0.25, 0.3) is 0 Å². The Morgan fingerprint density at radius 2 is 2.12 bits per heavy atom. The molecule has 2 N–H and O–H groups in total. The van der Waals surface area contributed by atoms with E-state index >= 15 is 0 Å². The Labute approximate surface area is 96.4 Å². The number of aldehydes is 1. The van der Waals surface area contributed by atoms with Gasteiger partial charge < -0.3 is 19.7 Å². The average molecular weight is 238 g/mol. The maximum absolute atomic E-state index is 11.5. The zero-order chi connectivity index (χ0) is 12.7. The van der Waals surface area contributed by atoms with E-state index in [9.17, 15) is 19.8 Å². The molecule has 0 saturated heterocycles. The molecule has 0 spiro atoms. The van der Waals surface area contributed by atoms with Crippen molar-refractivity contribution in [2.45, 2.75) is 13.2 Å². The highest BCUT2D eigenvalue weighted by Gasteiger charge is 2.38. The molecule has 1 atom stereocenters. The van der Waals surface area contributed by atoms with Gasteiger partial charge in [0.15, 0.2) is 6.29 Å². The molecule has 2 rings (SSSR count). The number of hydrogen-bond donors (Lipinski definition) is 2. The molecule has 1 aromatic carbocycles. The Hall–Kier alpha value is -2.08. The van der Waals surface area contributed by atoms with Crippen LogP contribution in [0.4, 0.5) is 0 Å². The number of hydrogen-bond acceptors (Lipinski definition) is 6. The van der Waals surface area contributed by atoms with Crippen molar-refractivity contribution in [2.24, 2.45) is 0 Å². The van der Waals surface area contributed by atoms with Crippen molar-refractivity contribution in [1.82, 2.24) is 0 Å². The molecule has 0 bridgehead atoms. The molecule has 1 aromatic rings. The van der Waals surface area contributed by atoms with Gasteiger partial charge in [-0.15, -0.1) is 0 Å². The number of phenols is 1. The summed E-state index contributed by atoms with van der Waals surface area (Å²) in [5, 5.41) is 19.3. The van der Waals surface area contributed by atoms with Crippen molar-refractivity contribution in [3.63, 3.8) is 0 Å². The molecule has 0 fully saturated rings. The number of methoxy groups -OCH3 is 1. The van der Waals surface area contributed by atoms with Crippen LogP contribution in [0.5, 0.6) is 11.5 Å². The zero-order valence-corrected chi connectivity index (χ0v) is 9.18. The summed E-state index contributed by atoms with van der Waals surface area (Å²) < 4.78 is 9.59. The van der Waals surface area contributed by atoms with Gasteiger partial charge in [0.2, 0.25) is 6.29 Å². The highest BCUT2D eigenvalue weighted by molar-refractivity contribution is 6.01. The van der Waals surface area contributed by atoms with Crippen molar-refractivity contribution in [3.8, 4) is 11.5 Å². The number of rotatable bonds is 2. The Bertz CT molecular complexity index is 519. The monoisotopic (exact) mass is 238 g/mol. The fourth-order valence-electron chi connectivity index (χ4n) is 1.93. The maximum atomic E-state index is 11.5. The van der Waals surface area contributed by atoms with Gasteiger partial charge in [-0.05, 0) is 6.92 Å². The van der Waals surface area contributed by atoms with E-state index in [-0.39, 0.29) is 33.8 Å². The molecule has 1 heterocycles. The summed E-state index contributed by atoms with van der Waals surface area (Å²) in [6.45, 7) is 1.50. The predicted molar refractivity (Wildman–Crippen MR) is 55.2 cm³/mol. The number of ether oxygens (including phenoxy) is 2. The van der Waals surface area contributed by atoms with E-state index < -0.39 is 12.3 Å². The van der Waals surface area contributed by atoms with Crippen LogP contribution in [0.25, 0.3) is 0 Å². The molecule has 6 nitrogen and oxygen atoms in total. The number of fused-ring (bicyclic) bond motifs is 1. The number of aliphatic hydroxyl groups is 1. The Morgan fingerprint density at radius 1 is 1.47 bits per heavy atom. The fourth-order valence-corrected chi connectivity index (χ4v) is 1.93. The number of benzene rings is 1. The molecular formula is C11H10O6. The topological polar surface area (TPSA) is 93.1 Å². The van der Waals surface area contributed by atoms with Crippen LogP contribution in [0.2, 0.25) is 0 Å². The number of aromatic hydroxyl groups is 1. The van der Waals surface area contributed by atoms with Crippen LogP contribution in [0.1, 0.15) is 38.1 Å². The molecule has 6 heteroatoms. The van der Waals surface area contributed by atoms with E-state index in [1.165, 1.54) is 14.0 Å². The number of carbonyl (C=O) groups excluding carboxylic acids is 2. The lowest BCUT2D eigenvalue weighted by atomic mass is 9.97. The minimum absolute atomic E-state index is 0.0163. The van der Waals surface area contributed by atoms with E-state index in [4.69, 9.17) is 4.74 Å². The lowest BCUT2D eigenvalue weighted by molar-refractivity contribution is -0.0550. The van der Waals surface area contributed by atoms with Crippen LogP contribution >= 0.6 is 0 Å². The lowest BCUT2D eigenvalue weighted by Gasteiger charge is -2.13. The first kappa shape index (κ1) is 11.4. The number of aliphatic hydroxyl groups excluding tert-OH is 1. The molecule has 0 aliphatic carbocycles. The van der Waals surface area contributed by atoms with Crippen molar-refractivity contribution >= 4 is 12.3 Å². The Morgan fingerprint density at radius 3 is 2.65 bits per heavy atom. The highest BCUT2D eigenvalue weighted by atomic mass is 16.6. The third-order valence-electron chi connectivity index (χ3n) is 2.73. The fraction of sp³-hybridized carbons (Fsp3) is 0.273. The minimum Gasteiger partial charge on any atom is -0.507 e. The van der Waals surface area contributed by atoms with Gasteiger partial charge in [0.1, 0.15) is 17.1 Å². The average Bonchev–Trinajstić information content (AvgIpc) is 2.57. The van der Waals surface area contributed by atoms with E-state index in [0.717, 1.165) is 0 Å². The largest absolute Gasteiger partial charge is 0.507 e. The SMILES string of the molecule is COc1c(C)c(O)c(C=O)c2c1C(=O)O[C@H]2O. The molecule has 0 amide bonds. The Kier molecular flexibility index (Phi) is 2.51. The molecule has 90 valence electrons. The lowest BCUT2D eigenvalue weighted by Crippen LogP contribution is -2.04. The molecule has 0 unspecified atom stereocenters. The van der Waals surface area contributed by atoms with E-state index in [2.05, 4.69) is 4.74 Å². The minimum atomic E-state index is -1.56. The van der Waals surface area contributed by atoms with Crippen molar-refractivity contribution in [2.75, 3.05) is 7.11 Å². The van der Waals surface area contributed by atoms with Gasteiger partial charge in [0, 0.05) is 5.56 Å². The second kappa shape index (κ2) is 3.74. The summed E-state index contributed by atoms with van der Waals surface area (Å²) in [7, 11) is 1.32. The summed E-state index contributed by atoms with van der Waals surface area (Å²) >= 11 is 0. The number of carbonyl (C=O) groups is 2. The smallest absolute Gasteiger partial charge is 0.345 e. The summed E-state index contributed by atoms with van der Waals surface area (Å²) in [6.07, 6.45) is -1.19. The third-order valence-corrected chi connectivity index (χ3v) is 2.73. The normalized spacial score (nSPS) is 17.6. The second-order valence-corrected chi connectivity index (χ2v) is 3.58. The molecule has 0 saturated carbocycles. The van der Waals surface area contributed by atoms with Crippen LogP contribution in [-0.4, -0.2) is 29.6 Å². The number of cyclic esters (lactones) is 1. The second-order valence-electron chi connectivity index (χ2n) is 3.58. The number of phenolic OH excluding ortho intramolecular Hbond substituents is 1. The summed E-state index contributed by atoms with van der Waals surface area (Å²) in [5.41, 5.74) is 0.0263. The first-order chi connectivity index (χ1) is 8.02. The van der Waals surface area contributed by atoms with Crippen LogP contribution in [-0.2, 0) is 4.74 Å². The van der Waals surface area contributed by atoms with Gasteiger partial charge in [-0.2, -0.15) is 0 Å². The third kappa shape index (κ3) is 1.38. The summed E-state index contributed by atoms with van der Waals surface area (Å²) in [5.74, 6) is -1.01. The van der Waals surface area contributed by atoms with Gasteiger partial charge in [-0.25, -0.2) is 4.79 Å². The summed E-state index contributed by atoms with van der Waals surface area (Å²) in [6, 6.07) is 0. The molecule has 0 aromatic heterocycles. The van der Waals surface area contributed by atoms with Crippen LogP contribution in [0.15, 0.2) is 0 Å². The van der Waals surface area contributed by atoms with Crippen molar-refractivity contribution in [3.05, 3.63) is 22.3 Å². The van der Waals surface area contributed by atoms with Gasteiger partial charge in [0.05, 0.1) is 18.2 Å². The molecular weight excluding hydrogens is 228 g/mol. The van der Waals surface area contributed by atoms with Gasteiger partial charge in [-0.1, -0.05) is 0 Å². The van der Waals surface area contributed by atoms with E-state index in [0.29, 0.717) is 6.29 Å². The van der Waals surface area contributed by atoms with Gasteiger partial charge in [-0.3, -0.25) is 4.79 Å².